The fourth-order valence-electron chi connectivity index (χ4n) is 2.52. The van der Waals surface area contributed by atoms with Gasteiger partial charge in [0, 0.05) is 29.3 Å². The van der Waals surface area contributed by atoms with Crippen molar-refractivity contribution < 1.29 is 0 Å². The van der Waals surface area contributed by atoms with Crippen molar-refractivity contribution >= 4 is 16.6 Å². The van der Waals surface area contributed by atoms with Gasteiger partial charge in [-0.1, -0.05) is 0 Å². The molecule has 0 radical (unpaired) electrons. The van der Waals surface area contributed by atoms with E-state index in [1.807, 2.05) is 0 Å². The van der Waals surface area contributed by atoms with Crippen LogP contribution in [-0.2, 0) is 6.54 Å². The Bertz CT molecular complexity index is 537. The Morgan fingerprint density at radius 1 is 1.35 bits per heavy atom. The van der Waals surface area contributed by atoms with Crippen LogP contribution in [0.25, 0.3) is 10.9 Å². The van der Waals surface area contributed by atoms with E-state index in [0.717, 1.165) is 25.1 Å². The smallest absolute Gasteiger partial charge is 0.0856 e. The van der Waals surface area contributed by atoms with Gasteiger partial charge in [0.1, 0.15) is 0 Å². The van der Waals surface area contributed by atoms with Crippen LogP contribution in [0.15, 0.2) is 30.5 Å². The van der Waals surface area contributed by atoms with Gasteiger partial charge >= 0.3 is 0 Å². The van der Waals surface area contributed by atoms with Crippen LogP contribution in [0, 0.1) is 0 Å². The number of hydrogen-bond donors (Lipinski definition) is 2. The molecule has 1 aromatic heterocycles. The van der Waals surface area contributed by atoms with Crippen LogP contribution in [0.3, 0.4) is 0 Å². The Labute approximate surface area is 102 Å². The Morgan fingerprint density at radius 3 is 2.82 bits per heavy atom. The highest BCUT2D eigenvalue weighted by atomic mass is 15.1. The normalized spacial score (nSPS) is 18.0. The first-order valence-electron chi connectivity index (χ1n) is 6.36. The fraction of sp³-hybridized carbons (Fsp3) is 0.429. The zero-order chi connectivity index (χ0) is 11.9. The number of nitrogens with one attached hydrogen (secondary N) is 1. The average molecular weight is 229 g/mol. The summed E-state index contributed by atoms with van der Waals surface area (Å²) in [4.78, 5) is 0. The van der Waals surface area contributed by atoms with Crippen molar-refractivity contribution in [2.75, 3.05) is 5.32 Å². The zero-order valence-corrected chi connectivity index (χ0v) is 10.2. The third-order valence-electron chi connectivity index (χ3n) is 3.75. The highest BCUT2D eigenvalue weighted by molar-refractivity contribution is 5.83. The molecule has 0 amide bonds. The SMILES string of the molecule is CCn1ccc2cc(NC3(N)CCC3)ccc21. The first-order chi connectivity index (χ1) is 8.20. The molecule has 0 saturated heterocycles. The molecule has 1 saturated carbocycles. The second kappa shape index (κ2) is 3.77. The number of benzene rings is 1. The monoisotopic (exact) mass is 229 g/mol. The standard InChI is InChI=1S/C14H19N3/c1-2-17-9-6-11-10-12(4-5-13(11)17)16-14(15)7-3-8-14/h4-6,9-10,16H,2-3,7-8,15H2,1H3. The summed E-state index contributed by atoms with van der Waals surface area (Å²) in [5, 5.41) is 4.72. The first kappa shape index (κ1) is 10.7. The van der Waals surface area contributed by atoms with E-state index in [-0.39, 0.29) is 5.66 Å². The molecule has 0 atom stereocenters. The van der Waals surface area contributed by atoms with E-state index >= 15 is 0 Å². The number of anilines is 1. The minimum atomic E-state index is -0.166. The highest BCUT2D eigenvalue weighted by Crippen LogP contribution is 2.31. The summed E-state index contributed by atoms with van der Waals surface area (Å²) in [6, 6.07) is 8.65. The number of rotatable bonds is 3. The molecule has 1 aromatic carbocycles. The maximum atomic E-state index is 6.19. The highest BCUT2D eigenvalue weighted by Gasteiger charge is 2.32. The van der Waals surface area contributed by atoms with Gasteiger partial charge in [0.2, 0.25) is 0 Å². The average Bonchev–Trinajstić information content (AvgIpc) is 2.69. The molecule has 1 heterocycles. The van der Waals surface area contributed by atoms with Crippen LogP contribution in [-0.4, -0.2) is 10.2 Å². The lowest BCUT2D eigenvalue weighted by Crippen LogP contribution is -2.53. The summed E-state index contributed by atoms with van der Waals surface area (Å²) in [7, 11) is 0. The maximum absolute atomic E-state index is 6.19. The number of nitrogens with zero attached hydrogens (tertiary/aromatic N) is 1. The second-order valence-corrected chi connectivity index (χ2v) is 5.01. The predicted molar refractivity (Wildman–Crippen MR) is 72.0 cm³/mol. The molecule has 0 spiro atoms. The molecule has 0 aliphatic heterocycles. The summed E-state index contributed by atoms with van der Waals surface area (Å²) in [5.74, 6) is 0. The van der Waals surface area contributed by atoms with E-state index in [4.69, 9.17) is 5.73 Å². The quantitative estimate of drug-likeness (QED) is 0.795. The zero-order valence-electron chi connectivity index (χ0n) is 10.2. The molecule has 3 rings (SSSR count). The second-order valence-electron chi connectivity index (χ2n) is 5.01. The van der Waals surface area contributed by atoms with E-state index in [1.54, 1.807) is 0 Å². The van der Waals surface area contributed by atoms with Gasteiger partial charge in [-0.15, -0.1) is 0 Å². The van der Waals surface area contributed by atoms with Crippen molar-refractivity contribution in [2.45, 2.75) is 38.4 Å². The minimum Gasteiger partial charge on any atom is -0.367 e. The maximum Gasteiger partial charge on any atom is 0.0856 e. The van der Waals surface area contributed by atoms with Gasteiger partial charge < -0.3 is 15.6 Å². The van der Waals surface area contributed by atoms with Gasteiger partial charge in [-0.05, 0) is 50.5 Å². The number of hydrogen-bond acceptors (Lipinski definition) is 2. The molecule has 90 valence electrons. The topological polar surface area (TPSA) is 43.0 Å². The van der Waals surface area contributed by atoms with Gasteiger partial charge in [0.25, 0.3) is 0 Å². The molecule has 0 bridgehead atoms. The first-order valence-corrected chi connectivity index (χ1v) is 6.36. The summed E-state index contributed by atoms with van der Waals surface area (Å²) in [5.41, 5.74) is 8.45. The minimum absolute atomic E-state index is 0.166. The summed E-state index contributed by atoms with van der Waals surface area (Å²) in [6.07, 6.45) is 5.51. The van der Waals surface area contributed by atoms with Crippen LogP contribution >= 0.6 is 0 Å². The fourth-order valence-corrected chi connectivity index (χ4v) is 2.52. The van der Waals surface area contributed by atoms with E-state index in [0.29, 0.717) is 0 Å². The molecule has 3 N–H and O–H groups in total. The number of nitrogens with two attached hydrogens (primary N) is 1. The van der Waals surface area contributed by atoms with Crippen LogP contribution in [0.1, 0.15) is 26.2 Å². The number of aromatic nitrogens is 1. The largest absolute Gasteiger partial charge is 0.367 e. The van der Waals surface area contributed by atoms with Crippen LogP contribution in [0.5, 0.6) is 0 Å². The van der Waals surface area contributed by atoms with Gasteiger partial charge in [0.15, 0.2) is 0 Å². The molecule has 1 aliphatic carbocycles. The van der Waals surface area contributed by atoms with Gasteiger partial charge in [-0.25, -0.2) is 0 Å². The van der Waals surface area contributed by atoms with E-state index in [2.05, 4.69) is 47.3 Å². The molecule has 3 heteroatoms. The number of fused-ring (bicyclic) bond motifs is 1. The molecule has 0 unspecified atom stereocenters. The van der Waals surface area contributed by atoms with Crippen molar-refractivity contribution in [2.24, 2.45) is 5.73 Å². The Kier molecular flexibility index (Phi) is 2.37. The summed E-state index contributed by atoms with van der Waals surface area (Å²) < 4.78 is 2.25. The molecular weight excluding hydrogens is 210 g/mol. The van der Waals surface area contributed by atoms with Gasteiger partial charge in [-0.3, -0.25) is 0 Å². The van der Waals surface area contributed by atoms with Crippen molar-refractivity contribution in [1.82, 2.24) is 4.57 Å². The van der Waals surface area contributed by atoms with Crippen molar-refractivity contribution in [1.29, 1.82) is 0 Å². The molecule has 1 aliphatic rings. The lowest BCUT2D eigenvalue weighted by Gasteiger charge is -2.39. The molecular formula is C14H19N3. The Balaban J connectivity index is 1.91. The van der Waals surface area contributed by atoms with Crippen LogP contribution in [0.2, 0.25) is 0 Å². The van der Waals surface area contributed by atoms with Gasteiger partial charge in [-0.2, -0.15) is 0 Å². The Morgan fingerprint density at radius 2 is 2.18 bits per heavy atom. The molecule has 3 nitrogen and oxygen atoms in total. The third kappa shape index (κ3) is 1.80. The lowest BCUT2D eigenvalue weighted by molar-refractivity contribution is 0.289. The summed E-state index contributed by atoms with van der Waals surface area (Å²) in [6.45, 7) is 3.17. The van der Waals surface area contributed by atoms with Crippen molar-refractivity contribution in [3.63, 3.8) is 0 Å². The molecule has 2 aromatic rings. The van der Waals surface area contributed by atoms with Crippen molar-refractivity contribution in [3.05, 3.63) is 30.5 Å². The lowest BCUT2D eigenvalue weighted by atomic mass is 9.85. The van der Waals surface area contributed by atoms with E-state index in [9.17, 15) is 0 Å². The summed E-state index contributed by atoms with van der Waals surface area (Å²) >= 11 is 0. The predicted octanol–water partition coefficient (Wildman–Crippen LogP) is 2.91. The van der Waals surface area contributed by atoms with E-state index in [1.165, 1.54) is 17.3 Å². The Hall–Kier alpha value is -1.48. The van der Waals surface area contributed by atoms with Crippen molar-refractivity contribution in [3.8, 4) is 0 Å². The molecule has 1 fully saturated rings. The molecule has 17 heavy (non-hydrogen) atoms. The number of aryl methyl sites for hydroxylation is 1. The van der Waals surface area contributed by atoms with E-state index < -0.39 is 0 Å². The van der Waals surface area contributed by atoms with Gasteiger partial charge in [0.05, 0.1) is 5.66 Å². The van der Waals surface area contributed by atoms with Crippen LogP contribution in [0.4, 0.5) is 5.69 Å². The third-order valence-corrected chi connectivity index (χ3v) is 3.75. The van der Waals surface area contributed by atoms with Crippen LogP contribution < -0.4 is 11.1 Å².